The number of aliphatic hydroxyl groups is 1. The molecule has 1 fully saturated rings. The normalized spacial score (nSPS) is 19.6. The van der Waals surface area contributed by atoms with Gasteiger partial charge in [-0.3, -0.25) is 0 Å². The first-order valence-corrected chi connectivity index (χ1v) is 4.99. The van der Waals surface area contributed by atoms with E-state index in [9.17, 15) is 5.11 Å². The van der Waals surface area contributed by atoms with Crippen LogP contribution in [0.2, 0.25) is 5.02 Å². The minimum Gasteiger partial charge on any atom is -0.385 e. The molecule has 0 amide bonds. The smallest absolute Gasteiger partial charge is 0.0911 e. The van der Waals surface area contributed by atoms with Gasteiger partial charge in [-0.15, -0.1) is 0 Å². The molecule has 1 aromatic rings. The van der Waals surface area contributed by atoms with Crippen molar-refractivity contribution in [2.24, 2.45) is 0 Å². The Bertz CT molecular complexity index is 329. The van der Waals surface area contributed by atoms with Crippen LogP contribution < -0.4 is 0 Å². The lowest BCUT2D eigenvalue weighted by molar-refractivity contribution is -0.0387. The topological polar surface area (TPSA) is 20.2 Å². The van der Waals surface area contributed by atoms with Gasteiger partial charge in [-0.1, -0.05) is 29.3 Å². The molecule has 1 nitrogen and oxygen atoms in total. The van der Waals surface area contributed by atoms with Crippen LogP contribution in [0.5, 0.6) is 0 Å². The van der Waals surface area contributed by atoms with Crippen LogP contribution in [0.1, 0.15) is 30.4 Å². The number of aryl methyl sites for hydroxylation is 1. The van der Waals surface area contributed by atoms with E-state index in [1.165, 1.54) is 0 Å². The molecule has 1 aromatic carbocycles. The molecule has 13 heavy (non-hydrogen) atoms. The van der Waals surface area contributed by atoms with Gasteiger partial charge in [0.1, 0.15) is 0 Å². The Hall–Kier alpha value is -0.530. The molecule has 0 heterocycles. The van der Waals surface area contributed by atoms with Crippen molar-refractivity contribution in [1.29, 1.82) is 0 Å². The third-order valence-electron chi connectivity index (χ3n) is 2.80. The fourth-order valence-electron chi connectivity index (χ4n) is 1.78. The van der Waals surface area contributed by atoms with Gasteiger partial charge in [0.2, 0.25) is 0 Å². The molecular formula is C11H13ClO. The molecule has 1 aliphatic carbocycles. The van der Waals surface area contributed by atoms with Crippen LogP contribution in [-0.4, -0.2) is 5.11 Å². The quantitative estimate of drug-likeness (QED) is 0.732. The van der Waals surface area contributed by atoms with E-state index in [4.69, 9.17) is 11.6 Å². The average Bonchev–Trinajstić information content (AvgIpc) is 2.05. The summed E-state index contributed by atoms with van der Waals surface area (Å²) in [6, 6.07) is 5.82. The van der Waals surface area contributed by atoms with Crippen molar-refractivity contribution in [3.05, 3.63) is 34.3 Å². The molecule has 0 aliphatic heterocycles. The summed E-state index contributed by atoms with van der Waals surface area (Å²) >= 11 is 6.03. The van der Waals surface area contributed by atoms with Crippen molar-refractivity contribution < 1.29 is 5.11 Å². The minimum absolute atomic E-state index is 0.636. The van der Waals surface area contributed by atoms with Crippen LogP contribution in [0, 0.1) is 6.92 Å². The van der Waals surface area contributed by atoms with Crippen LogP contribution in [-0.2, 0) is 5.60 Å². The van der Waals surface area contributed by atoms with Crippen LogP contribution >= 0.6 is 11.6 Å². The number of hydrogen-bond donors (Lipinski definition) is 1. The zero-order valence-corrected chi connectivity index (χ0v) is 8.43. The van der Waals surface area contributed by atoms with E-state index < -0.39 is 5.60 Å². The molecule has 0 bridgehead atoms. The predicted octanol–water partition coefficient (Wildman–Crippen LogP) is 3.02. The van der Waals surface area contributed by atoms with Crippen molar-refractivity contribution >= 4 is 11.6 Å². The zero-order valence-electron chi connectivity index (χ0n) is 7.68. The van der Waals surface area contributed by atoms with E-state index in [1.54, 1.807) is 0 Å². The molecule has 0 unspecified atom stereocenters. The molecule has 0 spiro atoms. The van der Waals surface area contributed by atoms with Gasteiger partial charge in [-0.05, 0) is 32.3 Å². The second-order valence-corrected chi connectivity index (χ2v) is 4.28. The lowest BCUT2D eigenvalue weighted by Crippen LogP contribution is -2.33. The lowest BCUT2D eigenvalue weighted by Gasteiger charge is -2.37. The fraction of sp³-hybridized carbons (Fsp3) is 0.455. The molecule has 0 atom stereocenters. The fourth-order valence-corrected chi connectivity index (χ4v) is 2.07. The summed E-state index contributed by atoms with van der Waals surface area (Å²) in [5.41, 5.74) is 1.42. The SMILES string of the molecule is Cc1ccc(Cl)c(C2(O)CCC2)c1. The van der Waals surface area contributed by atoms with Gasteiger partial charge < -0.3 is 5.11 Å². The van der Waals surface area contributed by atoms with Gasteiger partial charge in [-0.2, -0.15) is 0 Å². The Morgan fingerprint density at radius 3 is 2.62 bits per heavy atom. The summed E-state index contributed by atoms with van der Waals surface area (Å²) in [6.07, 6.45) is 2.78. The highest BCUT2D eigenvalue weighted by atomic mass is 35.5. The van der Waals surface area contributed by atoms with E-state index in [-0.39, 0.29) is 0 Å². The first-order chi connectivity index (χ1) is 6.12. The molecule has 0 aromatic heterocycles. The van der Waals surface area contributed by atoms with Crippen molar-refractivity contribution in [2.75, 3.05) is 0 Å². The lowest BCUT2D eigenvalue weighted by atomic mass is 9.75. The summed E-state index contributed by atoms with van der Waals surface area (Å²) in [4.78, 5) is 0. The van der Waals surface area contributed by atoms with Crippen LogP contribution in [0.15, 0.2) is 18.2 Å². The first-order valence-electron chi connectivity index (χ1n) is 4.61. The maximum atomic E-state index is 10.1. The molecule has 2 rings (SSSR count). The predicted molar refractivity (Wildman–Crippen MR) is 53.9 cm³/mol. The largest absolute Gasteiger partial charge is 0.385 e. The van der Waals surface area contributed by atoms with Gasteiger partial charge in [0.25, 0.3) is 0 Å². The highest BCUT2D eigenvalue weighted by Gasteiger charge is 2.37. The average molecular weight is 197 g/mol. The summed E-state index contributed by atoms with van der Waals surface area (Å²) in [7, 11) is 0. The Labute approximate surface area is 83.3 Å². The number of hydrogen-bond acceptors (Lipinski definition) is 1. The van der Waals surface area contributed by atoms with Gasteiger partial charge in [0, 0.05) is 10.6 Å². The van der Waals surface area contributed by atoms with Crippen LogP contribution in [0.4, 0.5) is 0 Å². The molecule has 2 heteroatoms. The number of halogens is 1. The standard InChI is InChI=1S/C11H13ClO/c1-8-3-4-10(12)9(7-8)11(13)5-2-6-11/h3-4,7,13H,2,5-6H2,1H3. The van der Waals surface area contributed by atoms with Crippen molar-refractivity contribution in [1.82, 2.24) is 0 Å². The summed E-state index contributed by atoms with van der Waals surface area (Å²) in [5, 5.41) is 10.8. The molecule has 0 saturated heterocycles. The minimum atomic E-state index is -0.636. The maximum Gasteiger partial charge on any atom is 0.0911 e. The monoisotopic (exact) mass is 196 g/mol. The Kier molecular flexibility index (Phi) is 2.09. The van der Waals surface area contributed by atoms with Gasteiger partial charge in [-0.25, -0.2) is 0 Å². The third-order valence-corrected chi connectivity index (χ3v) is 3.13. The summed E-state index contributed by atoms with van der Waals surface area (Å²) in [5.74, 6) is 0. The number of rotatable bonds is 1. The molecule has 1 saturated carbocycles. The van der Waals surface area contributed by atoms with Crippen LogP contribution in [0.3, 0.4) is 0 Å². The maximum absolute atomic E-state index is 10.1. The second-order valence-electron chi connectivity index (χ2n) is 3.87. The molecule has 1 aliphatic rings. The highest BCUT2D eigenvalue weighted by molar-refractivity contribution is 6.31. The number of benzene rings is 1. The van der Waals surface area contributed by atoms with Gasteiger partial charge in [0.05, 0.1) is 5.60 Å². The summed E-state index contributed by atoms with van der Waals surface area (Å²) in [6.45, 7) is 2.02. The highest BCUT2D eigenvalue weighted by Crippen LogP contribution is 2.43. The first kappa shape index (κ1) is 9.04. The second kappa shape index (κ2) is 3.00. The van der Waals surface area contributed by atoms with Crippen molar-refractivity contribution in [3.8, 4) is 0 Å². The molecule has 0 radical (unpaired) electrons. The van der Waals surface area contributed by atoms with Crippen molar-refractivity contribution in [3.63, 3.8) is 0 Å². The van der Waals surface area contributed by atoms with E-state index >= 15 is 0 Å². The summed E-state index contributed by atoms with van der Waals surface area (Å²) < 4.78 is 0. The van der Waals surface area contributed by atoms with E-state index in [0.717, 1.165) is 30.4 Å². The third kappa shape index (κ3) is 1.47. The Morgan fingerprint density at radius 1 is 1.38 bits per heavy atom. The Balaban J connectivity index is 2.43. The van der Waals surface area contributed by atoms with Crippen molar-refractivity contribution in [2.45, 2.75) is 31.8 Å². The molecule has 1 N–H and O–H groups in total. The Morgan fingerprint density at radius 2 is 2.08 bits per heavy atom. The molecular weight excluding hydrogens is 184 g/mol. The van der Waals surface area contributed by atoms with Gasteiger partial charge >= 0.3 is 0 Å². The molecule has 70 valence electrons. The van der Waals surface area contributed by atoms with E-state index in [2.05, 4.69) is 0 Å². The van der Waals surface area contributed by atoms with Gasteiger partial charge in [0.15, 0.2) is 0 Å². The zero-order chi connectivity index (χ0) is 9.47. The van der Waals surface area contributed by atoms with Crippen LogP contribution in [0.25, 0.3) is 0 Å². The van der Waals surface area contributed by atoms with E-state index in [1.807, 2.05) is 25.1 Å². The van der Waals surface area contributed by atoms with E-state index in [0.29, 0.717) is 5.02 Å².